The van der Waals surface area contributed by atoms with Gasteiger partial charge in [-0.25, -0.2) is 12.8 Å². The van der Waals surface area contributed by atoms with Crippen LogP contribution >= 0.6 is 15.9 Å². The molecule has 3 nitrogen and oxygen atoms in total. The third-order valence-corrected chi connectivity index (χ3v) is 4.48. The van der Waals surface area contributed by atoms with E-state index >= 15 is 0 Å². The highest BCUT2D eigenvalue weighted by molar-refractivity contribution is 9.10. The Bertz CT molecular complexity index is 699. The summed E-state index contributed by atoms with van der Waals surface area (Å²) < 4.78 is 40.6. The van der Waals surface area contributed by atoms with Crippen molar-refractivity contribution < 1.29 is 12.8 Å². The third kappa shape index (κ3) is 3.33. The van der Waals surface area contributed by atoms with Crippen LogP contribution in [0.15, 0.2) is 51.8 Å². The molecular formula is C13H11BrFNO2S. The largest absolute Gasteiger partial charge is 0.279 e. The van der Waals surface area contributed by atoms with Crippen LogP contribution in [0.4, 0.5) is 10.1 Å². The molecule has 0 fully saturated rings. The monoisotopic (exact) mass is 343 g/mol. The number of hydrogen-bond acceptors (Lipinski definition) is 2. The lowest BCUT2D eigenvalue weighted by molar-refractivity contribution is 0.601. The number of aryl methyl sites for hydroxylation is 1. The molecule has 1 N–H and O–H groups in total. The molecule has 0 atom stereocenters. The van der Waals surface area contributed by atoms with Crippen molar-refractivity contribution in [2.24, 2.45) is 0 Å². The predicted molar refractivity (Wildman–Crippen MR) is 76.1 cm³/mol. The van der Waals surface area contributed by atoms with Gasteiger partial charge in [-0.15, -0.1) is 0 Å². The quantitative estimate of drug-likeness (QED) is 0.923. The zero-order chi connectivity index (χ0) is 14.0. The molecule has 100 valence electrons. The lowest BCUT2D eigenvalue weighted by Gasteiger charge is -2.10. The van der Waals surface area contributed by atoms with Crippen molar-refractivity contribution in [1.82, 2.24) is 0 Å². The van der Waals surface area contributed by atoms with Crippen LogP contribution in [0.1, 0.15) is 5.56 Å². The first-order chi connectivity index (χ1) is 8.88. The van der Waals surface area contributed by atoms with Crippen LogP contribution in [0.25, 0.3) is 0 Å². The van der Waals surface area contributed by atoms with Crippen molar-refractivity contribution in [2.75, 3.05) is 4.72 Å². The second-order valence-corrected chi connectivity index (χ2v) is 6.62. The minimum atomic E-state index is -3.71. The first-order valence-electron chi connectivity index (χ1n) is 5.43. The van der Waals surface area contributed by atoms with Crippen LogP contribution in [0.5, 0.6) is 0 Å². The van der Waals surface area contributed by atoms with Gasteiger partial charge in [0, 0.05) is 4.47 Å². The standard InChI is InChI=1S/C13H11BrFNO2S/c1-9-2-5-11(15)8-13(9)16-19(17,18)12-6-3-10(14)4-7-12/h2-8,16H,1H3. The predicted octanol–water partition coefficient (Wildman–Crippen LogP) is 3.70. The average Bonchev–Trinajstić information content (AvgIpc) is 2.34. The fraction of sp³-hybridized carbons (Fsp3) is 0.0769. The van der Waals surface area contributed by atoms with Gasteiger partial charge in [-0.3, -0.25) is 4.72 Å². The molecule has 0 saturated carbocycles. The summed E-state index contributed by atoms with van der Waals surface area (Å²) in [6, 6.07) is 10.2. The van der Waals surface area contributed by atoms with Gasteiger partial charge < -0.3 is 0 Å². The Morgan fingerprint density at radius 2 is 1.74 bits per heavy atom. The lowest BCUT2D eigenvalue weighted by atomic mass is 10.2. The van der Waals surface area contributed by atoms with Gasteiger partial charge >= 0.3 is 0 Å². The van der Waals surface area contributed by atoms with Crippen molar-refractivity contribution >= 4 is 31.6 Å². The van der Waals surface area contributed by atoms with E-state index in [1.165, 1.54) is 24.3 Å². The third-order valence-electron chi connectivity index (χ3n) is 2.57. The number of nitrogens with one attached hydrogen (secondary N) is 1. The molecule has 0 unspecified atom stereocenters. The minimum absolute atomic E-state index is 0.124. The zero-order valence-corrected chi connectivity index (χ0v) is 12.4. The van der Waals surface area contributed by atoms with Gasteiger partial charge in [0.05, 0.1) is 10.6 Å². The number of sulfonamides is 1. The van der Waals surface area contributed by atoms with Crippen molar-refractivity contribution in [1.29, 1.82) is 0 Å². The molecule has 0 bridgehead atoms. The molecule has 0 aromatic heterocycles. The van der Waals surface area contributed by atoms with E-state index in [2.05, 4.69) is 20.7 Å². The number of halogens is 2. The van der Waals surface area contributed by atoms with Crippen LogP contribution in [-0.2, 0) is 10.0 Å². The second-order valence-electron chi connectivity index (χ2n) is 4.02. The Kier molecular flexibility index (Phi) is 3.91. The van der Waals surface area contributed by atoms with Crippen LogP contribution in [0, 0.1) is 12.7 Å². The molecule has 19 heavy (non-hydrogen) atoms. The molecule has 0 amide bonds. The summed E-state index contributed by atoms with van der Waals surface area (Å²) in [5.41, 5.74) is 0.894. The normalized spacial score (nSPS) is 11.3. The van der Waals surface area contributed by atoms with Crippen molar-refractivity contribution in [3.63, 3.8) is 0 Å². The molecule has 0 radical (unpaired) electrons. The molecule has 2 aromatic carbocycles. The van der Waals surface area contributed by atoms with E-state index in [1.54, 1.807) is 19.1 Å². The number of rotatable bonds is 3. The van der Waals surface area contributed by atoms with Gasteiger partial charge in [-0.1, -0.05) is 22.0 Å². The molecular weight excluding hydrogens is 333 g/mol. The van der Waals surface area contributed by atoms with Crippen LogP contribution in [-0.4, -0.2) is 8.42 Å². The highest BCUT2D eigenvalue weighted by Gasteiger charge is 2.15. The number of hydrogen-bond donors (Lipinski definition) is 1. The van der Waals surface area contributed by atoms with E-state index in [9.17, 15) is 12.8 Å². The van der Waals surface area contributed by atoms with E-state index in [1.807, 2.05) is 0 Å². The van der Waals surface area contributed by atoms with Crippen LogP contribution in [0.3, 0.4) is 0 Å². The maximum absolute atomic E-state index is 13.1. The topological polar surface area (TPSA) is 46.2 Å². The first-order valence-corrected chi connectivity index (χ1v) is 7.71. The van der Waals surface area contributed by atoms with E-state index in [4.69, 9.17) is 0 Å². The van der Waals surface area contributed by atoms with Gasteiger partial charge in [-0.05, 0) is 48.9 Å². The Balaban J connectivity index is 2.36. The van der Waals surface area contributed by atoms with E-state index in [-0.39, 0.29) is 10.6 Å². The molecule has 0 aliphatic heterocycles. The molecule has 2 rings (SSSR count). The summed E-state index contributed by atoms with van der Waals surface area (Å²) in [6.07, 6.45) is 0. The first kappa shape index (κ1) is 14.0. The molecule has 2 aromatic rings. The fourth-order valence-corrected chi connectivity index (χ4v) is 2.91. The smallest absolute Gasteiger partial charge is 0.261 e. The van der Waals surface area contributed by atoms with Gasteiger partial charge in [-0.2, -0.15) is 0 Å². The summed E-state index contributed by atoms with van der Waals surface area (Å²) in [5.74, 6) is -0.487. The van der Waals surface area contributed by atoms with Gasteiger partial charge in [0.15, 0.2) is 0 Å². The van der Waals surface area contributed by atoms with Gasteiger partial charge in [0.2, 0.25) is 0 Å². The Morgan fingerprint density at radius 1 is 1.11 bits per heavy atom. The number of benzene rings is 2. The van der Waals surface area contributed by atoms with Gasteiger partial charge in [0.25, 0.3) is 10.0 Å². The SMILES string of the molecule is Cc1ccc(F)cc1NS(=O)(=O)c1ccc(Br)cc1. The van der Waals surface area contributed by atoms with Crippen LogP contribution in [0.2, 0.25) is 0 Å². The van der Waals surface area contributed by atoms with E-state index < -0.39 is 15.8 Å². The average molecular weight is 344 g/mol. The lowest BCUT2D eigenvalue weighted by Crippen LogP contribution is -2.13. The summed E-state index contributed by atoms with van der Waals surface area (Å²) in [5, 5.41) is 0. The highest BCUT2D eigenvalue weighted by Crippen LogP contribution is 2.21. The van der Waals surface area contributed by atoms with Crippen molar-refractivity contribution in [3.05, 3.63) is 58.3 Å². The van der Waals surface area contributed by atoms with Crippen LogP contribution < -0.4 is 4.72 Å². The minimum Gasteiger partial charge on any atom is -0.279 e. The molecule has 0 aliphatic carbocycles. The summed E-state index contributed by atoms with van der Waals surface area (Å²) in [4.78, 5) is 0.124. The molecule has 0 spiro atoms. The molecule has 0 heterocycles. The van der Waals surface area contributed by atoms with Crippen molar-refractivity contribution in [2.45, 2.75) is 11.8 Å². The Morgan fingerprint density at radius 3 is 2.37 bits per heavy atom. The maximum Gasteiger partial charge on any atom is 0.261 e. The Labute approximate surface area is 119 Å². The van der Waals surface area contributed by atoms with E-state index in [0.29, 0.717) is 5.56 Å². The number of anilines is 1. The highest BCUT2D eigenvalue weighted by atomic mass is 79.9. The molecule has 0 aliphatic rings. The summed E-state index contributed by atoms with van der Waals surface area (Å²) in [7, 11) is -3.71. The Hall–Kier alpha value is -1.40. The fourth-order valence-electron chi connectivity index (χ4n) is 1.52. The van der Waals surface area contributed by atoms with Gasteiger partial charge in [0.1, 0.15) is 5.82 Å². The zero-order valence-electron chi connectivity index (χ0n) is 10.0. The maximum atomic E-state index is 13.1. The summed E-state index contributed by atoms with van der Waals surface area (Å²) in [6.45, 7) is 1.71. The molecule has 6 heteroatoms. The van der Waals surface area contributed by atoms with Crippen molar-refractivity contribution in [3.8, 4) is 0 Å². The van der Waals surface area contributed by atoms with E-state index in [0.717, 1.165) is 10.5 Å². The summed E-state index contributed by atoms with van der Waals surface area (Å²) >= 11 is 3.24. The second kappa shape index (κ2) is 5.30. The molecule has 0 saturated heterocycles.